The first-order chi connectivity index (χ1) is 7.14. The van der Waals surface area contributed by atoms with E-state index in [9.17, 15) is 4.57 Å². The number of nitrogens with two attached hydrogens (primary N) is 1. The maximum absolute atomic E-state index is 12.2. The molecule has 0 fully saturated rings. The van der Waals surface area contributed by atoms with Crippen molar-refractivity contribution in [1.29, 1.82) is 0 Å². The minimum absolute atomic E-state index is 0.294. The van der Waals surface area contributed by atoms with Gasteiger partial charge >= 0.3 is 7.60 Å². The molecule has 1 aromatic heterocycles. The molecule has 0 saturated carbocycles. The van der Waals surface area contributed by atoms with Gasteiger partial charge in [-0.3, -0.25) is 4.57 Å². The van der Waals surface area contributed by atoms with E-state index in [2.05, 4.69) is 0 Å². The number of hydrogen-bond donors (Lipinski definition) is 1. The largest absolute Gasteiger partial charge is 0.472 e. The van der Waals surface area contributed by atoms with Crippen LogP contribution >= 0.6 is 7.60 Å². The van der Waals surface area contributed by atoms with E-state index in [-0.39, 0.29) is 0 Å². The first-order valence-electron chi connectivity index (χ1n) is 4.80. The number of hydrogen-bond acceptors (Lipinski definition) is 5. The molecule has 5 nitrogen and oxygen atoms in total. The molecule has 0 aromatic carbocycles. The fraction of sp³-hybridized carbons (Fsp3) is 0.556. The molecule has 0 aliphatic carbocycles. The van der Waals surface area contributed by atoms with E-state index >= 15 is 0 Å². The lowest BCUT2D eigenvalue weighted by Crippen LogP contribution is -2.14. The van der Waals surface area contributed by atoms with Gasteiger partial charge in [0, 0.05) is 5.56 Å². The summed E-state index contributed by atoms with van der Waals surface area (Å²) in [6.45, 7) is 4.08. The lowest BCUT2D eigenvalue weighted by atomic mass is 10.3. The van der Waals surface area contributed by atoms with Crippen molar-refractivity contribution < 1.29 is 18.0 Å². The van der Waals surface area contributed by atoms with Gasteiger partial charge in [-0.25, -0.2) is 0 Å². The summed E-state index contributed by atoms with van der Waals surface area (Å²) in [5.41, 5.74) is 6.43. The monoisotopic (exact) mass is 233 g/mol. The first kappa shape index (κ1) is 12.5. The normalized spacial score (nSPS) is 14.1. The van der Waals surface area contributed by atoms with Gasteiger partial charge in [0.25, 0.3) is 0 Å². The Labute approximate surface area is 89.1 Å². The molecule has 0 saturated heterocycles. The predicted octanol–water partition coefficient (Wildman–Crippen LogP) is 2.50. The maximum atomic E-state index is 12.2. The van der Waals surface area contributed by atoms with Crippen molar-refractivity contribution in [2.45, 2.75) is 19.6 Å². The Morgan fingerprint density at radius 2 is 2.07 bits per heavy atom. The molecule has 1 atom stereocenters. The lowest BCUT2D eigenvalue weighted by molar-refractivity contribution is 0.212. The number of furan rings is 1. The maximum Gasteiger partial charge on any atom is 0.351 e. The van der Waals surface area contributed by atoms with Gasteiger partial charge in [-0.15, -0.1) is 0 Å². The van der Waals surface area contributed by atoms with Gasteiger partial charge in [0.2, 0.25) is 0 Å². The second-order valence-electron chi connectivity index (χ2n) is 2.88. The van der Waals surface area contributed by atoms with Crippen molar-refractivity contribution in [3.63, 3.8) is 0 Å². The second kappa shape index (κ2) is 5.47. The summed E-state index contributed by atoms with van der Waals surface area (Å²) < 4.78 is 27.3. The van der Waals surface area contributed by atoms with Gasteiger partial charge in [0.1, 0.15) is 5.78 Å². The van der Waals surface area contributed by atoms with Gasteiger partial charge in [-0.1, -0.05) is 0 Å². The molecule has 1 rings (SSSR count). The van der Waals surface area contributed by atoms with E-state index in [1.165, 1.54) is 12.5 Å². The molecule has 15 heavy (non-hydrogen) atoms. The zero-order chi connectivity index (χ0) is 11.3. The average Bonchev–Trinajstić information content (AvgIpc) is 2.70. The van der Waals surface area contributed by atoms with Crippen molar-refractivity contribution in [2.75, 3.05) is 13.2 Å². The molecule has 6 heteroatoms. The van der Waals surface area contributed by atoms with Crippen LogP contribution in [0.25, 0.3) is 0 Å². The van der Waals surface area contributed by atoms with Crippen LogP contribution < -0.4 is 5.73 Å². The molecule has 2 N–H and O–H groups in total. The standard InChI is InChI=1S/C9H16NO4P/c1-3-13-15(11,14-4-2)9(10)8-5-6-12-7-8/h5-7,9H,3-4,10H2,1-2H3/t9-/m0/s1. The highest BCUT2D eigenvalue weighted by Crippen LogP contribution is 2.58. The van der Waals surface area contributed by atoms with Gasteiger partial charge in [-0.2, -0.15) is 0 Å². The van der Waals surface area contributed by atoms with Crippen LogP contribution in [0, 0.1) is 0 Å². The molecule has 86 valence electrons. The third kappa shape index (κ3) is 2.92. The van der Waals surface area contributed by atoms with Crippen molar-refractivity contribution in [3.8, 4) is 0 Å². The topological polar surface area (TPSA) is 74.7 Å². The number of rotatable bonds is 6. The van der Waals surface area contributed by atoms with Crippen LogP contribution in [0.1, 0.15) is 25.2 Å². The van der Waals surface area contributed by atoms with E-state index in [4.69, 9.17) is 19.2 Å². The van der Waals surface area contributed by atoms with Gasteiger partial charge in [0.15, 0.2) is 0 Å². The molecule has 0 aliphatic heterocycles. The Morgan fingerprint density at radius 1 is 1.47 bits per heavy atom. The van der Waals surface area contributed by atoms with E-state index in [1.54, 1.807) is 19.9 Å². The van der Waals surface area contributed by atoms with Crippen LogP contribution in [-0.2, 0) is 13.6 Å². The molecule has 0 spiro atoms. The Kier molecular flexibility index (Phi) is 4.54. The molecule has 0 aliphatic rings. The third-order valence-corrected chi connectivity index (χ3v) is 4.06. The van der Waals surface area contributed by atoms with Crippen molar-refractivity contribution >= 4 is 7.60 Å². The highest BCUT2D eigenvalue weighted by Gasteiger charge is 2.34. The van der Waals surface area contributed by atoms with Gasteiger partial charge in [0.05, 0.1) is 25.7 Å². The van der Waals surface area contributed by atoms with Crippen LogP contribution in [0.3, 0.4) is 0 Å². The molecular formula is C9H16NO4P. The van der Waals surface area contributed by atoms with Crippen molar-refractivity contribution in [1.82, 2.24) is 0 Å². The Balaban J connectivity index is 2.84. The molecule has 0 unspecified atom stereocenters. The molecule has 0 amide bonds. The summed E-state index contributed by atoms with van der Waals surface area (Å²) >= 11 is 0. The smallest absolute Gasteiger partial charge is 0.351 e. The van der Waals surface area contributed by atoms with Crippen LogP contribution in [-0.4, -0.2) is 13.2 Å². The zero-order valence-electron chi connectivity index (χ0n) is 8.88. The highest BCUT2D eigenvalue weighted by molar-refractivity contribution is 7.54. The minimum Gasteiger partial charge on any atom is -0.472 e. The van der Waals surface area contributed by atoms with Crippen molar-refractivity contribution in [3.05, 3.63) is 24.2 Å². The fourth-order valence-electron chi connectivity index (χ4n) is 1.18. The Morgan fingerprint density at radius 3 is 2.47 bits per heavy atom. The summed E-state index contributed by atoms with van der Waals surface area (Å²) in [7, 11) is -3.28. The van der Waals surface area contributed by atoms with Gasteiger partial charge < -0.3 is 19.2 Å². The Hall–Kier alpha value is -0.610. The van der Waals surface area contributed by atoms with Crippen LogP contribution in [0.2, 0.25) is 0 Å². The van der Waals surface area contributed by atoms with Crippen molar-refractivity contribution in [2.24, 2.45) is 5.73 Å². The Bertz CT molecular complexity index is 315. The molecule has 1 heterocycles. The highest BCUT2D eigenvalue weighted by atomic mass is 31.2. The second-order valence-corrected chi connectivity index (χ2v) is 5.03. The van der Waals surface area contributed by atoms with E-state index in [0.29, 0.717) is 18.8 Å². The summed E-state index contributed by atoms with van der Waals surface area (Å²) in [6.07, 6.45) is 2.91. The van der Waals surface area contributed by atoms with Crippen LogP contribution in [0.15, 0.2) is 23.0 Å². The molecular weight excluding hydrogens is 217 g/mol. The summed E-state index contributed by atoms with van der Waals surface area (Å²) in [5.74, 6) is -0.795. The SMILES string of the molecule is CCOP(=O)(OCC)[C@H](N)c1ccoc1. The van der Waals surface area contributed by atoms with E-state index in [0.717, 1.165) is 0 Å². The van der Waals surface area contributed by atoms with Crippen LogP contribution in [0.4, 0.5) is 0 Å². The third-order valence-electron chi connectivity index (χ3n) is 1.84. The molecule has 0 bridgehead atoms. The lowest BCUT2D eigenvalue weighted by Gasteiger charge is -2.22. The molecule has 1 aromatic rings. The van der Waals surface area contributed by atoms with E-state index in [1.807, 2.05) is 0 Å². The quantitative estimate of drug-likeness (QED) is 0.764. The summed E-state index contributed by atoms with van der Waals surface area (Å²) in [4.78, 5) is 0. The van der Waals surface area contributed by atoms with Gasteiger partial charge in [-0.05, 0) is 19.9 Å². The zero-order valence-corrected chi connectivity index (χ0v) is 9.78. The minimum atomic E-state index is -3.28. The first-order valence-corrected chi connectivity index (χ1v) is 6.41. The summed E-state index contributed by atoms with van der Waals surface area (Å²) in [6, 6.07) is 1.65. The predicted molar refractivity (Wildman–Crippen MR) is 56.5 cm³/mol. The van der Waals surface area contributed by atoms with Crippen LogP contribution in [0.5, 0.6) is 0 Å². The van der Waals surface area contributed by atoms with E-state index < -0.39 is 13.4 Å². The summed E-state index contributed by atoms with van der Waals surface area (Å²) in [5, 5.41) is 0. The fourth-order valence-corrected chi connectivity index (χ4v) is 2.81. The average molecular weight is 233 g/mol. The molecule has 0 radical (unpaired) electrons.